The van der Waals surface area contributed by atoms with Gasteiger partial charge in [0.05, 0.1) is 31.0 Å². The average molecular weight is 562 g/mol. The third kappa shape index (κ3) is 5.89. The van der Waals surface area contributed by atoms with Gasteiger partial charge < -0.3 is 15.4 Å². The van der Waals surface area contributed by atoms with Crippen molar-refractivity contribution in [3.05, 3.63) is 76.5 Å². The number of nitrogens with one attached hydrogen (secondary N) is 2. The van der Waals surface area contributed by atoms with Crippen LogP contribution < -0.4 is 15.4 Å². The first-order valence-electron chi connectivity index (χ1n) is 12.5. The fourth-order valence-electron chi connectivity index (χ4n) is 4.23. The summed E-state index contributed by atoms with van der Waals surface area (Å²) in [6.07, 6.45) is 0.433. The Morgan fingerprint density at radius 3 is 2.77 bits per heavy atom. The largest absolute Gasteiger partial charge is 0.497 e. The molecule has 0 unspecified atom stereocenters. The Kier molecular flexibility index (Phi) is 8.08. The van der Waals surface area contributed by atoms with Gasteiger partial charge in [0, 0.05) is 22.2 Å². The Bertz CT molecular complexity index is 1450. The van der Waals surface area contributed by atoms with Crippen LogP contribution in [0, 0.1) is 0 Å². The number of thiophene rings is 1. The van der Waals surface area contributed by atoms with Crippen molar-refractivity contribution in [1.29, 1.82) is 0 Å². The molecule has 11 heteroatoms. The topological polar surface area (TPSA) is 112 Å². The number of amides is 3. The zero-order chi connectivity index (χ0) is 27.4. The number of rotatable bonds is 9. The smallest absolute Gasteiger partial charge is 0.259 e. The number of carbonyl (C=O) groups is 3. The molecular formula is C28H27N5O4S2. The molecule has 0 spiro atoms. The highest BCUT2D eigenvalue weighted by atomic mass is 32.2. The quantitative estimate of drug-likeness (QED) is 0.397. The molecule has 1 aromatic heterocycles. The Labute approximate surface area is 234 Å². The van der Waals surface area contributed by atoms with Crippen molar-refractivity contribution < 1.29 is 19.1 Å². The Morgan fingerprint density at radius 1 is 1.15 bits per heavy atom. The van der Waals surface area contributed by atoms with Gasteiger partial charge in [0.25, 0.3) is 5.91 Å². The monoisotopic (exact) mass is 561 g/mol. The summed E-state index contributed by atoms with van der Waals surface area (Å²) in [5, 5.41) is 7.58. The van der Waals surface area contributed by atoms with Crippen molar-refractivity contribution in [1.82, 2.24) is 10.2 Å². The maximum absolute atomic E-state index is 13.6. The molecule has 3 aromatic rings. The van der Waals surface area contributed by atoms with Crippen molar-refractivity contribution >= 4 is 63.2 Å². The summed E-state index contributed by atoms with van der Waals surface area (Å²) in [6.45, 7) is 2.31. The second kappa shape index (κ2) is 11.8. The number of thioether (sulfide) groups is 1. The highest BCUT2D eigenvalue weighted by Gasteiger charge is 2.43. The van der Waals surface area contributed by atoms with Gasteiger partial charge in [-0.3, -0.25) is 19.4 Å². The first kappa shape index (κ1) is 26.6. The minimum Gasteiger partial charge on any atom is -0.497 e. The number of para-hydroxylation sites is 1. The molecule has 0 saturated carbocycles. The second-order valence-electron chi connectivity index (χ2n) is 8.85. The van der Waals surface area contributed by atoms with E-state index in [1.54, 1.807) is 42.7 Å². The number of anilines is 1. The lowest BCUT2D eigenvalue weighted by molar-refractivity contribution is -0.128. The van der Waals surface area contributed by atoms with Crippen LogP contribution in [0.4, 0.5) is 11.4 Å². The summed E-state index contributed by atoms with van der Waals surface area (Å²) in [6, 6.07) is 17.5. The van der Waals surface area contributed by atoms with Gasteiger partial charge in [0.2, 0.25) is 11.8 Å². The number of benzene rings is 2. The summed E-state index contributed by atoms with van der Waals surface area (Å²) >= 11 is 2.76. The highest BCUT2D eigenvalue weighted by molar-refractivity contribution is 8.15. The Balaban J connectivity index is 1.34. The molecule has 0 radical (unpaired) electrons. The molecule has 0 bridgehead atoms. The van der Waals surface area contributed by atoms with Crippen LogP contribution in [0.1, 0.15) is 30.2 Å². The van der Waals surface area contributed by atoms with Crippen LogP contribution in [-0.4, -0.2) is 52.0 Å². The lowest BCUT2D eigenvalue weighted by Crippen LogP contribution is -2.43. The van der Waals surface area contributed by atoms with Crippen LogP contribution in [-0.2, 0) is 20.9 Å². The zero-order valence-corrected chi connectivity index (χ0v) is 23.1. The molecule has 3 heterocycles. The molecule has 0 saturated heterocycles. The van der Waals surface area contributed by atoms with Gasteiger partial charge in [-0.1, -0.05) is 43.0 Å². The number of hydrogen-bond donors (Lipinski definition) is 2. The minimum atomic E-state index is -0.869. The first-order chi connectivity index (χ1) is 19.0. The number of hydrogen-bond acceptors (Lipinski definition) is 8. The molecule has 2 N–H and O–H groups in total. The summed E-state index contributed by atoms with van der Waals surface area (Å²) in [4.78, 5) is 51.3. The maximum atomic E-state index is 13.6. The molecule has 5 rings (SSSR count). The highest BCUT2D eigenvalue weighted by Crippen LogP contribution is 2.36. The fourth-order valence-corrected chi connectivity index (χ4v) is 5.90. The number of methoxy groups -OCH3 is 1. The van der Waals surface area contributed by atoms with E-state index in [9.17, 15) is 14.4 Å². The van der Waals surface area contributed by atoms with E-state index >= 15 is 0 Å². The van der Waals surface area contributed by atoms with E-state index in [2.05, 4.69) is 15.6 Å². The number of carbonyl (C=O) groups excluding carboxylic acids is 3. The van der Waals surface area contributed by atoms with E-state index in [-0.39, 0.29) is 24.1 Å². The summed E-state index contributed by atoms with van der Waals surface area (Å²) < 4.78 is 5.25. The summed E-state index contributed by atoms with van der Waals surface area (Å²) in [5.41, 5.74) is 1.99. The number of amidine groups is 2. The fraction of sp³-hybridized carbons (Fsp3) is 0.250. The number of aliphatic imine (C=N–C) groups is 2. The SMILES string of the molecule is CC[C@@H](SC1=Nc2ccccc2C2=N[C@H](CC(=O)NCc3cccs3)C(=O)N12)C(=O)Nc1cccc(OC)c1. The molecule has 2 aromatic carbocycles. The molecule has 2 aliphatic heterocycles. The third-order valence-electron chi connectivity index (χ3n) is 6.21. The molecule has 3 amide bonds. The van der Waals surface area contributed by atoms with Crippen LogP contribution in [0.15, 0.2) is 76.0 Å². The van der Waals surface area contributed by atoms with Crippen molar-refractivity contribution in [2.24, 2.45) is 9.98 Å². The van der Waals surface area contributed by atoms with Gasteiger partial charge >= 0.3 is 0 Å². The van der Waals surface area contributed by atoms with Gasteiger partial charge in [0.1, 0.15) is 17.6 Å². The second-order valence-corrected chi connectivity index (χ2v) is 11.1. The summed E-state index contributed by atoms with van der Waals surface area (Å²) in [7, 11) is 1.57. The van der Waals surface area contributed by atoms with E-state index < -0.39 is 11.3 Å². The molecule has 2 atom stereocenters. The normalized spacial score (nSPS) is 16.5. The molecule has 0 fully saturated rings. The van der Waals surface area contributed by atoms with Crippen molar-refractivity contribution in [3.8, 4) is 5.75 Å². The lowest BCUT2D eigenvalue weighted by Gasteiger charge is -2.27. The van der Waals surface area contributed by atoms with Crippen molar-refractivity contribution in [2.75, 3.05) is 12.4 Å². The van der Waals surface area contributed by atoms with Gasteiger partial charge in [-0.05, 0) is 42.1 Å². The van der Waals surface area contributed by atoms with Gasteiger partial charge in [0.15, 0.2) is 5.17 Å². The maximum Gasteiger partial charge on any atom is 0.259 e. The van der Waals surface area contributed by atoms with Crippen LogP contribution in [0.25, 0.3) is 0 Å². The number of ether oxygens (including phenoxy) is 1. The van der Waals surface area contributed by atoms with Crippen LogP contribution in [0.2, 0.25) is 0 Å². The average Bonchev–Trinajstić information content (AvgIpc) is 3.59. The Hall–Kier alpha value is -3.96. The number of nitrogens with zero attached hydrogens (tertiary/aromatic N) is 3. The molecular weight excluding hydrogens is 534 g/mol. The third-order valence-corrected chi connectivity index (χ3v) is 8.41. The Morgan fingerprint density at radius 2 is 2.00 bits per heavy atom. The molecule has 39 heavy (non-hydrogen) atoms. The van der Waals surface area contributed by atoms with Crippen LogP contribution in [0.3, 0.4) is 0 Å². The van der Waals surface area contributed by atoms with E-state index in [1.807, 2.05) is 48.7 Å². The number of fused-ring (bicyclic) bond motifs is 3. The van der Waals surface area contributed by atoms with Crippen LogP contribution in [0.5, 0.6) is 5.75 Å². The van der Waals surface area contributed by atoms with E-state index in [1.165, 1.54) is 16.7 Å². The zero-order valence-electron chi connectivity index (χ0n) is 21.4. The van der Waals surface area contributed by atoms with Gasteiger partial charge in [-0.15, -0.1) is 11.3 Å². The lowest BCUT2D eigenvalue weighted by atomic mass is 10.1. The van der Waals surface area contributed by atoms with E-state index in [0.717, 1.165) is 4.88 Å². The summed E-state index contributed by atoms with van der Waals surface area (Å²) in [5.74, 6) is 0.282. The molecule has 2 aliphatic rings. The molecule has 200 valence electrons. The minimum absolute atomic E-state index is 0.0716. The predicted octanol–water partition coefficient (Wildman–Crippen LogP) is 4.57. The van der Waals surface area contributed by atoms with Gasteiger partial charge in [-0.25, -0.2) is 9.89 Å². The van der Waals surface area contributed by atoms with E-state index in [4.69, 9.17) is 9.73 Å². The van der Waals surface area contributed by atoms with Crippen molar-refractivity contribution in [2.45, 2.75) is 37.6 Å². The standard InChI is InChI=1S/C28H27N5O4S2/c1-3-23(26(35)30-17-8-6-9-18(14-17)37-2)39-28-32-21-12-5-4-11-20(21)25-31-22(27(36)33(25)28)15-24(34)29-16-19-10-7-13-38-19/h4-14,22-23H,3,15-16H2,1-2H3,(H,29,34)(H,30,35)/t22-,23-/m1/s1. The predicted molar refractivity (Wildman–Crippen MR) is 155 cm³/mol. The van der Waals surface area contributed by atoms with Crippen LogP contribution >= 0.6 is 23.1 Å². The molecule has 0 aliphatic carbocycles. The first-order valence-corrected chi connectivity index (χ1v) is 14.2. The van der Waals surface area contributed by atoms with Gasteiger partial charge in [-0.2, -0.15) is 0 Å². The molecule has 9 nitrogen and oxygen atoms in total. The van der Waals surface area contributed by atoms with E-state index in [0.29, 0.717) is 46.7 Å². The van der Waals surface area contributed by atoms with Crippen molar-refractivity contribution in [3.63, 3.8) is 0 Å².